The fourth-order valence-corrected chi connectivity index (χ4v) is 3.77. The van der Waals surface area contributed by atoms with Gasteiger partial charge < -0.3 is 4.84 Å². The van der Waals surface area contributed by atoms with Gasteiger partial charge in [-0.25, -0.2) is 9.64 Å². The van der Waals surface area contributed by atoms with Crippen molar-refractivity contribution in [3.8, 4) is 17.2 Å². The lowest BCUT2D eigenvalue weighted by Gasteiger charge is -2.22. The second-order valence-electron chi connectivity index (χ2n) is 7.40. The van der Waals surface area contributed by atoms with E-state index < -0.39 is 5.97 Å². The largest absolute Gasteiger partial charge is 0.331 e. The summed E-state index contributed by atoms with van der Waals surface area (Å²) < 4.78 is 0. The molecule has 0 aromatic heterocycles. The zero-order chi connectivity index (χ0) is 20.5. The topological polar surface area (TPSA) is 66.8 Å². The first-order valence-electron chi connectivity index (χ1n) is 9.19. The van der Waals surface area contributed by atoms with E-state index in [-0.39, 0.29) is 5.41 Å². The lowest BCUT2D eigenvalue weighted by Crippen LogP contribution is -2.16. The molecule has 5 heteroatoms. The zero-order valence-corrected chi connectivity index (χ0v) is 16.5. The number of carbonyl (C=O) groups excluding carboxylic acids is 1. The highest BCUT2D eigenvalue weighted by Gasteiger charge is 2.37. The van der Waals surface area contributed by atoms with Crippen molar-refractivity contribution in [2.75, 3.05) is 0 Å². The molecule has 2 aromatic rings. The van der Waals surface area contributed by atoms with Gasteiger partial charge in [0, 0.05) is 23.5 Å². The molecule has 140 valence electrons. The van der Waals surface area contributed by atoms with Crippen molar-refractivity contribution in [1.82, 2.24) is 0 Å². The van der Waals surface area contributed by atoms with Crippen LogP contribution in [0.2, 0.25) is 0 Å². The molecule has 3 rings (SSSR count). The molecule has 0 saturated heterocycles. The first kappa shape index (κ1) is 19.3. The van der Waals surface area contributed by atoms with Gasteiger partial charge in [0.05, 0.1) is 18.4 Å². The van der Waals surface area contributed by atoms with Crippen molar-refractivity contribution in [3.63, 3.8) is 0 Å². The van der Waals surface area contributed by atoms with Crippen molar-refractivity contribution in [1.29, 1.82) is 5.26 Å². The van der Waals surface area contributed by atoms with Crippen LogP contribution < -0.4 is 0 Å². The van der Waals surface area contributed by atoms with Gasteiger partial charge in [0.15, 0.2) is 5.69 Å². The summed E-state index contributed by atoms with van der Waals surface area (Å²) in [4.78, 5) is 19.6. The average Bonchev–Trinajstić information content (AvgIpc) is 2.91. The first-order valence-corrected chi connectivity index (χ1v) is 9.19. The second kappa shape index (κ2) is 7.29. The molecule has 0 heterocycles. The van der Waals surface area contributed by atoms with Crippen molar-refractivity contribution < 1.29 is 9.63 Å². The number of fused-ring (bicyclic) bond motifs is 3. The summed E-state index contributed by atoms with van der Waals surface area (Å²) in [7, 11) is 0. The minimum atomic E-state index is -0.451. The monoisotopic (exact) mass is 371 g/mol. The van der Waals surface area contributed by atoms with E-state index in [2.05, 4.69) is 36.0 Å². The van der Waals surface area contributed by atoms with Gasteiger partial charge in [0.25, 0.3) is 0 Å². The van der Waals surface area contributed by atoms with E-state index in [9.17, 15) is 10.1 Å². The number of carbonyl (C=O) groups is 1. The molecule has 0 N–H and O–H groups in total. The van der Waals surface area contributed by atoms with Crippen LogP contribution in [0.1, 0.15) is 62.8 Å². The summed E-state index contributed by atoms with van der Waals surface area (Å²) in [6.45, 7) is 14.9. The van der Waals surface area contributed by atoms with E-state index in [1.54, 1.807) is 6.07 Å². The summed E-state index contributed by atoms with van der Waals surface area (Å²) in [6.07, 6.45) is 1.55. The minimum Gasteiger partial charge on any atom is -0.318 e. The van der Waals surface area contributed by atoms with Crippen molar-refractivity contribution in [2.45, 2.75) is 46.0 Å². The van der Waals surface area contributed by atoms with Gasteiger partial charge in [-0.05, 0) is 40.8 Å². The van der Waals surface area contributed by atoms with Crippen molar-refractivity contribution in [2.24, 2.45) is 5.16 Å². The van der Waals surface area contributed by atoms with Crippen molar-refractivity contribution in [3.05, 3.63) is 64.0 Å². The van der Waals surface area contributed by atoms with E-state index in [1.807, 2.05) is 25.1 Å². The van der Waals surface area contributed by atoms with Crippen molar-refractivity contribution >= 4 is 17.4 Å². The highest BCUT2D eigenvalue weighted by Crippen LogP contribution is 2.51. The SMILES string of the molecule is [C-]#[N+]c1cc(C#N)c2c(c1)C(C)(C)c1cc(C(CCC)=NOC(C)=O)ccc1-2. The van der Waals surface area contributed by atoms with Crippen LogP contribution in [0.15, 0.2) is 35.5 Å². The van der Waals surface area contributed by atoms with Crippen LogP contribution in [-0.4, -0.2) is 11.7 Å². The zero-order valence-electron chi connectivity index (χ0n) is 16.5. The Morgan fingerprint density at radius 2 is 2.04 bits per heavy atom. The fourth-order valence-electron chi connectivity index (χ4n) is 3.77. The highest BCUT2D eigenvalue weighted by molar-refractivity contribution is 6.02. The average molecular weight is 371 g/mol. The maximum atomic E-state index is 11.2. The second-order valence-corrected chi connectivity index (χ2v) is 7.40. The van der Waals surface area contributed by atoms with Crippen LogP contribution in [-0.2, 0) is 15.0 Å². The molecule has 1 aliphatic rings. The molecule has 0 aliphatic heterocycles. The predicted molar refractivity (Wildman–Crippen MR) is 108 cm³/mol. The van der Waals surface area contributed by atoms with Crippen LogP contribution in [0, 0.1) is 17.9 Å². The Bertz CT molecular complexity index is 1080. The lowest BCUT2D eigenvalue weighted by molar-refractivity contribution is -0.140. The molecule has 0 saturated carbocycles. The number of oxime groups is 1. The molecule has 0 fully saturated rings. The predicted octanol–water partition coefficient (Wildman–Crippen LogP) is 5.48. The standard InChI is InChI=1S/C23H21N3O2/c1-6-7-21(26-28-14(2)27)15-8-9-18-19(11-15)23(3,4)20-12-17(25-5)10-16(13-24)22(18)20/h8-12H,6-7H2,1-4H3. The number of nitriles is 1. The van der Waals surface area contributed by atoms with Gasteiger partial charge in [-0.2, -0.15) is 5.26 Å². The Kier molecular flexibility index (Phi) is 5.03. The number of nitrogens with zero attached hydrogens (tertiary/aromatic N) is 3. The molecule has 0 atom stereocenters. The van der Waals surface area contributed by atoms with Gasteiger partial charge in [-0.1, -0.05) is 50.5 Å². The Morgan fingerprint density at radius 3 is 2.64 bits per heavy atom. The van der Waals surface area contributed by atoms with Gasteiger partial charge in [0.1, 0.15) is 0 Å². The number of hydrogen-bond acceptors (Lipinski definition) is 4. The molecule has 0 bridgehead atoms. The van der Waals surface area contributed by atoms with Gasteiger partial charge in [0.2, 0.25) is 0 Å². The first-order chi connectivity index (χ1) is 13.3. The molecule has 5 nitrogen and oxygen atoms in total. The molecule has 28 heavy (non-hydrogen) atoms. The number of hydrogen-bond donors (Lipinski definition) is 0. The lowest BCUT2D eigenvalue weighted by atomic mass is 9.81. The number of rotatable bonds is 4. The van der Waals surface area contributed by atoms with Crippen LogP contribution in [0.4, 0.5) is 5.69 Å². The van der Waals surface area contributed by atoms with Crippen LogP contribution in [0.5, 0.6) is 0 Å². The van der Waals surface area contributed by atoms with E-state index >= 15 is 0 Å². The van der Waals surface area contributed by atoms with E-state index in [1.165, 1.54) is 6.92 Å². The molecule has 1 aliphatic carbocycles. The summed E-state index contributed by atoms with van der Waals surface area (Å²) in [5.74, 6) is -0.451. The molecule has 0 unspecified atom stereocenters. The summed E-state index contributed by atoms with van der Waals surface area (Å²) >= 11 is 0. The van der Waals surface area contributed by atoms with Crippen LogP contribution in [0.3, 0.4) is 0 Å². The maximum Gasteiger partial charge on any atom is 0.331 e. The Morgan fingerprint density at radius 1 is 1.29 bits per heavy atom. The van der Waals surface area contributed by atoms with E-state index in [0.717, 1.165) is 39.9 Å². The fraction of sp³-hybridized carbons (Fsp3) is 0.304. The summed E-state index contributed by atoms with van der Waals surface area (Å²) in [6, 6.07) is 11.8. The molecule has 0 radical (unpaired) electrons. The minimum absolute atomic E-state index is 0.355. The maximum absolute atomic E-state index is 11.2. The van der Waals surface area contributed by atoms with Crippen LogP contribution >= 0.6 is 0 Å². The van der Waals surface area contributed by atoms with Crippen LogP contribution in [0.25, 0.3) is 16.0 Å². The third kappa shape index (κ3) is 3.17. The smallest absolute Gasteiger partial charge is 0.318 e. The normalized spacial score (nSPS) is 13.9. The van der Waals surface area contributed by atoms with Gasteiger partial charge in [-0.3, -0.25) is 0 Å². The van der Waals surface area contributed by atoms with E-state index in [0.29, 0.717) is 17.7 Å². The molecule has 2 aromatic carbocycles. The number of benzene rings is 2. The molecule has 0 spiro atoms. The van der Waals surface area contributed by atoms with E-state index in [4.69, 9.17) is 11.4 Å². The van der Waals surface area contributed by atoms with Gasteiger partial charge >= 0.3 is 5.97 Å². The molecule has 0 amide bonds. The third-order valence-electron chi connectivity index (χ3n) is 5.11. The Balaban J connectivity index is 2.19. The third-order valence-corrected chi connectivity index (χ3v) is 5.11. The highest BCUT2D eigenvalue weighted by atomic mass is 16.7. The molecular weight excluding hydrogens is 350 g/mol. The van der Waals surface area contributed by atoms with Gasteiger partial charge in [-0.15, -0.1) is 0 Å². The Labute approximate surface area is 165 Å². The summed E-state index contributed by atoms with van der Waals surface area (Å²) in [5, 5.41) is 13.7. The quantitative estimate of drug-likeness (QED) is 0.309. The Hall–Kier alpha value is -3.44. The molecular formula is C23H21N3O2. The summed E-state index contributed by atoms with van der Waals surface area (Å²) in [5.41, 5.74) is 6.21.